The first-order valence-electron chi connectivity index (χ1n) is 8.74. The van der Waals surface area contributed by atoms with Crippen LogP contribution in [0.15, 0.2) is 12.1 Å². The molecule has 0 bridgehead atoms. The topological polar surface area (TPSA) is 69.7 Å². The highest BCUT2D eigenvalue weighted by Crippen LogP contribution is 2.18. The number of carbonyl (C=O) groups excluding carboxylic acids is 3. The Morgan fingerprint density at radius 2 is 1.80 bits per heavy atom. The number of piperazine rings is 1. The third kappa shape index (κ3) is 6.25. The van der Waals surface area contributed by atoms with Gasteiger partial charge in [0.15, 0.2) is 5.78 Å². The highest BCUT2D eigenvalue weighted by Gasteiger charge is 2.23. The van der Waals surface area contributed by atoms with Gasteiger partial charge >= 0.3 is 0 Å². The lowest BCUT2D eigenvalue weighted by atomic mass is 10.1. The van der Waals surface area contributed by atoms with Crippen LogP contribution in [-0.4, -0.2) is 66.2 Å². The minimum absolute atomic E-state index is 0.0200. The predicted molar refractivity (Wildman–Crippen MR) is 98.9 cm³/mol. The molecule has 0 saturated carbocycles. The molecular weight excluding hydrogens is 338 g/mol. The van der Waals surface area contributed by atoms with Crippen LogP contribution < -0.4 is 5.32 Å². The molecule has 1 aromatic rings. The zero-order valence-corrected chi connectivity index (χ0v) is 16.0. The highest BCUT2D eigenvalue weighted by molar-refractivity contribution is 7.14. The minimum Gasteiger partial charge on any atom is -0.353 e. The highest BCUT2D eigenvalue weighted by atomic mass is 32.1. The van der Waals surface area contributed by atoms with Gasteiger partial charge in [-0.25, -0.2) is 0 Å². The first kappa shape index (κ1) is 19.6. The molecule has 25 heavy (non-hydrogen) atoms. The number of amides is 2. The molecule has 7 heteroatoms. The SMILES string of the molecule is Cc1ccc(C(=O)CCC(=O)N2CCN(CC(=O)NC(C)C)CC2)s1. The van der Waals surface area contributed by atoms with Crippen LogP contribution in [0.1, 0.15) is 41.2 Å². The van der Waals surface area contributed by atoms with Crippen LogP contribution >= 0.6 is 11.3 Å². The maximum atomic E-state index is 12.3. The molecule has 0 aromatic carbocycles. The van der Waals surface area contributed by atoms with E-state index in [1.807, 2.05) is 32.9 Å². The van der Waals surface area contributed by atoms with Crippen LogP contribution in [0.25, 0.3) is 0 Å². The summed E-state index contributed by atoms with van der Waals surface area (Å²) < 4.78 is 0. The van der Waals surface area contributed by atoms with E-state index in [9.17, 15) is 14.4 Å². The van der Waals surface area contributed by atoms with Crippen LogP contribution in [0.5, 0.6) is 0 Å². The molecule has 1 aromatic heterocycles. The summed E-state index contributed by atoms with van der Waals surface area (Å²) in [6, 6.07) is 3.89. The van der Waals surface area contributed by atoms with E-state index in [2.05, 4.69) is 10.2 Å². The van der Waals surface area contributed by atoms with Gasteiger partial charge in [-0.15, -0.1) is 11.3 Å². The maximum Gasteiger partial charge on any atom is 0.234 e. The Morgan fingerprint density at radius 3 is 2.36 bits per heavy atom. The molecule has 2 rings (SSSR count). The summed E-state index contributed by atoms with van der Waals surface area (Å²) in [7, 11) is 0. The Balaban J connectivity index is 1.70. The van der Waals surface area contributed by atoms with E-state index in [1.165, 1.54) is 11.3 Å². The predicted octanol–water partition coefficient (Wildman–Crippen LogP) is 1.69. The number of hydrogen-bond acceptors (Lipinski definition) is 5. The van der Waals surface area contributed by atoms with Crippen molar-refractivity contribution in [3.63, 3.8) is 0 Å². The van der Waals surface area contributed by atoms with Crippen molar-refractivity contribution in [2.45, 2.75) is 39.7 Å². The lowest BCUT2D eigenvalue weighted by Gasteiger charge is -2.34. The second-order valence-corrected chi connectivity index (χ2v) is 8.00. The van der Waals surface area contributed by atoms with Crippen molar-refractivity contribution in [2.75, 3.05) is 32.7 Å². The van der Waals surface area contributed by atoms with E-state index in [0.717, 1.165) is 9.75 Å². The number of ketones is 1. The number of Topliss-reactive ketones (excluding diaryl/α,β-unsaturated/α-hetero) is 1. The largest absolute Gasteiger partial charge is 0.353 e. The molecule has 1 saturated heterocycles. The van der Waals surface area contributed by atoms with Gasteiger partial charge < -0.3 is 10.2 Å². The van der Waals surface area contributed by atoms with Crippen LogP contribution in [0.2, 0.25) is 0 Å². The fourth-order valence-corrected chi connectivity index (χ4v) is 3.65. The van der Waals surface area contributed by atoms with Crippen molar-refractivity contribution >= 4 is 28.9 Å². The van der Waals surface area contributed by atoms with Crippen molar-refractivity contribution in [1.82, 2.24) is 15.1 Å². The molecule has 1 aliphatic heterocycles. The summed E-state index contributed by atoms with van der Waals surface area (Å²) in [5.41, 5.74) is 0. The molecule has 138 valence electrons. The van der Waals surface area contributed by atoms with Crippen LogP contribution in [0.3, 0.4) is 0 Å². The number of nitrogens with zero attached hydrogens (tertiary/aromatic N) is 2. The third-order valence-corrected chi connectivity index (χ3v) is 5.16. The smallest absolute Gasteiger partial charge is 0.234 e. The summed E-state index contributed by atoms with van der Waals surface area (Å²) in [6.45, 7) is 8.81. The number of aryl methyl sites for hydroxylation is 1. The first-order valence-corrected chi connectivity index (χ1v) is 9.56. The number of carbonyl (C=O) groups is 3. The average molecular weight is 365 g/mol. The van der Waals surface area contributed by atoms with Gasteiger partial charge in [0.25, 0.3) is 0 Å². The van der Waals surface area contributed by atoms with E-state index in [-0.39, 0.29) is 36.5 Å². The van der Waals surface area contributed by atoms with Crippen molar-refractivity contribution in [2.24, 2.45) is 0 Å². The third-order valence-electron chi connectivity index (χ3n) is 4.12. The number of hydrogen-bond donors (Lipinski definition) is 1. The van der Waals surface area contributed by atoms with Gasteiger partial charge in [-0.05, 0) is 32.9 Å². The molecule has 1 aliphatic rings. The summed E-state index contributed by atoms with van der Waals surface area (Å²) in [5, 5.41) is 2.88. The van der Waals surface area contributed by atoms with E-state index in [4.69, 9.17) is 0 Å². The zero-order valence-electron chi connectivity index (χ0n) is 15.2. The standard InChI is InChI=1S/C18H27N3O3S/c1-13(2)19-17(23)12-20-8-10-21(11-9-20)18(24)7-5-15(22)16-6-4-14(3)25-16/h4,6,13H,5,7-12H2,1-3H3,(H,19,23). The van der Waals surface area contributed by atoms with Gasteiger partial charge in [0.05, 0.1) is 11.4 Å². The van der Waals surface area contributed by atoms with Crippen LogP contribution in [0.4, 0.5) is 0 Å². The molecule has 0 radical (unpaired) electrons. The quantitative estimate of drug-likeness (QED) is 0.747. The lowest BCUT2D eigenvalue weighted by molar-refractivity contribution is -0.133. The Hall–Kier alpha value is -1.73. The molecule has 0 atom stereocenters. The van der Waals surface area contributed by atoms with E-state index in [0.29, 0.717) is 32.7 Å². The maximum absolute atomic E-state index is 12.3. The minimum atomic E-state index is 0.0200. The molecule has 6 nitrogen and oxygen atoms in total. The van der Waals surface area contributed by atoms with Crippen LogP contribution in [0, 0.1) is 6.92 Å². The fourth-order valence-electron chi connectivity index (χ4n) is 2.81. The monoisotopic (exact) mass is 365 g/mol. The average Bonchev–Trinajstić information content (AvgIpc) is 2.98. The fraction of sp³-hybridized carbons (Fsp3) is 0.611. The normalized spacial score (nSPS) is 15.4. The van der Waals surface area contributed by atoms with Gasteiger partial charge in [-0.1, -0.05) is 0 Å². The Morgan fingerprint density at radius 1 is 1.12 bits per heavy atom. The Bertz CT molecular complexity index is 619. The molecule has 0 spiro atoms. The molecule has 1 N–H and O–H groups in total. The molecule has 0 unspecified atom stereocenters. The molecule has 2 heterocycles. The van der Waals surface area contributed by atoms with Crippen molar-refractivity contribution in [3.05, 3.63) is 21.9 Å². The zero-order chi connectivity index (χ0) is 18.4. The van der Waals surface area contributed by atoms with E-state index in [1.54, 1.807) is 4.90 Å². The van der Waals surface area contributed by atoms with Gasteiger partial charge in [0, 0.05) is 49.9 Å². The van der Waals surface area contributed by atoms with E-state index < -0.39 is 0 Å². The number of nitrogens with one attached hydrogen (secondary N) is 1. The van der Waals surface area contributed by atoms with Gasteiger partial charge in [-0.2, -0.15) is 0 Å². The summed E-state index contributed by atoms with van der Waals surface area (Å²) >= 11 is 1.47. The molecule has 1 fully saturated rings. The van der Waals surface area contributed by atoms with Crippen molar-refractivity contribution in [1.29, 1.82) is 0 Å². The van der Waals surface area contributed by atoms with Crippen LogP contribution in [-0.2, 0) is 9.59 Å². The molecule has 2 amide bonds. The Kier molecular flexibility index (Phi) is 7.13. The van der Waals surface area contributed by atoms with Gasteiger partial charge in [0.2, 0.25) is 11.8 Å². The molecular formula is C18H27N3O3S. The lowest BCUT2D eigenvalue weighted by Crippen LogP contribution is -2.51. The number of rotatable bonds is 7. The second kappa shape index (κ2) is 9.10. The molecule has 0 aliphatic carbocycles. The van der Waals surface area contributed by atoms with E-state index >= 15 is 0 Å². The summed E-state index contributed by atoms with van der Waals surface area (Å²) in [6.07, 6.45) is 0.513. The van der Waals surface area contributed by atoms with Crippen molar-refractivity contribution < 1.29 is 14.4 Å². The second-order valence-electron chi connectivity index (χ2n) is 6.71. The summed E-state index contributed by atoms with van der Waals surface area (Å²) in [5.74, 6) is 0.0787. The van der Waals surface area contributed by atoms with Gasteiger partial charge in [0.1, 0.15) is 0 Å². The Labute approximate surface area is 153 Å². The number of thiophene rings is 1. The first-order chi connectivity index (χ1) is 11.8. The van der Waals surface area contributed by atoms with Crippen molar-refractivity contribution in [3.8, 4) is 0 Å². The van der Waals surface area contributed by atoms with Gasteiger partial charge in [-0.3, -0.25) is 19.3 Å². The summed E-state index contributed by atoms with van der Waals surface area (Å²) in [4.78, 5) is 41.9.